The number of hydrogen-bond donors (Lipinski definition) is 0. The van der Waals surface area contributed by atoms with Crippen molar-refractivity contribution in [2.75, 3.05) is 12.3 Å². The van der Waals surface area contributed by atoms with Crippen LogP contribution in [0.25, 0.3) is 0 Å². The molecule has 23 heavy (non-hydrogen) atoms. The summed E-state index contributed by atoms with van der Waals surface area (Å²) in [6.07, 6.45) is 0.969. The molecule has 2 nitrogen and oxygen atoms in total. The van der Waals surface area contributed by atoms with Crippen molar-refractivity contribution >= 4 is 40.9 Å². The molecule has 1 fully saturated rings. The summed E-state index contributed by atoms with van der Waals surface area (Å²) in [6.45, 7) is 2.83. The van der Waals surface area contributed by atoms with Crippen LogP contribution in [0.4, 0.5) is 0 Å². The lowest BCUT2D eigenvalue weighted by Gasteiger charge is -2.25. The molecule has 120 valence electrons. The third kappa shape index (κ3) is 3.52. The highest BCUT2D eigenvalue weighted by atomic mass is 35.5. The van der Waals surface area contributed by atoms with Gasteiger partial charge in [0.15, 0.2) is 0 Å². The van der Waals surface area contributed by atoms with Gasteiger partial charge in [-0.3, -0.25) is 4.79 Å². The Bertz CT molecular complexity index is 717. The van der Waals surface area contributed by atoms with Gasteiger partial charge in [-0.2, -0.15) is 0 Å². The molecule has 1 heterocycles. The third-order valence-electron chi connectivity index (χ3n) is 3.99. The summed E-state index contributed by atoms with van der Waals surface area (Å²) < 4.78 is 0. The number of nitrogens with zero attached hydrogens (tertiary/aromatic N) is 1. The van der Waals surface area contributed by atoms with Crippen molar-refractivity contribution in [2.45, 2.75) is 18.7 Å². The molecule has 2 aromatic rings. The van der Waals surface area contributed by atoms with Gasteiger partial charge in [0.1, 0.15) is 5.37 Å². The van der Waals surface area contributed by atoms with Crippen LogP contribution in [0.1, 0.15) is 33.8 Å². The van der Waals surface area contributed by atoms with E-state index in [9.17, 15) is 4.79 Å². The van der Waals surface area contributed by atoms with Crippen molar-refractivity contribution in [3.05, 3.63) is 69.2 Å². The summed E-state index contributed by atoms with van der Waals surface area (Å²) in [6, 6.07) is 13.3. The Balaban J connectivity index is 1.86. The van der Waals surface area contributed by atoms with E-state index >= 15 is 0 Å². The highest BCUT2D eigenvalue weighted by Gasteiger charge is 2.32. The first kappa shape index (κ1) is 16.7. The van der Waals surface area contributed by atoms with Crippen LogP contribution >= 0.6 is 35.0 Å². The number of amides is 1. The Hall–Kier alpha value is -1.16. The van der Waals surface area contributed by atoms with Crippen molar-refractivity contribution in [2.24, 2.45) is 0 Å². The van der Waals surface area contributed by atoms with Crippen molar-refractivity contribution in [1.29, 1.82) is 0 Å². The molecular weight excluding hydrogens is 349 g/mol. The van der Waals surface area contributed by atoms with Gasteiger partial charge >= 0.3 is 0 Å². The Morgan fingerprint density at radius 2 is 1.96 bits per heavy atom. The molecular formula is C18H17Cl2NOS. The zero-order valence-corrected chi connectivity index (χ0v) is 15.1. The average Bonchev–Trinajstić information content (AvgIpc) is 3.03. The predicted octanol–water partition coefficient (Wildman–Crippen LogP) is 5.44. The van der Waals surface area contributed by atoms with Gasteiger partial charge in [0.25, 0.3) is 5.91 Å². The average molecular weight is 366 g/mol. The van der Waals surface area contributed by atoms with Gasteiger partial charge in [-0.05, 0) is 36.2 Å². The minimum absolute atomic E-state index is 0.0497. The lowest BCUT2D eigenvalue weighted by Crippen LogP contribution is -2.30. The van der Waals surface area contributed by atoms with E-state index in [-0.39, 0.29) is 11.3 Å². The summed E-state index contributed by atoms with van der Waals surface area (Å²) in [5.74, 6) is 0.955. The van der Waals surface area contributed by atoms with E-state index in [0.29, 0.717) is 10.0 Å². The molecule has 1 unspecified atom stereocenters. The lowest BCUT2D eigenvalue weighted by atomic mass is 10.1. The van der Waals surface area contributed by atoms with Gasteiger partial charge < -0.3 is 4.90 Å². The molecule has 0 radical (unpaired) electrons. The Morgan fingerprint density at radius 1 is 1.22 bits per heavy atom. The zero-order chi connectivity index (χ0) is 16.4. The van der Waals surface area contributed by atoms with E-state index in [1.165, 1.54) is 5.56 Å². The molecule has 1 saturated heterocycles. The van der Waals surface area contributed by atoms with E-state index in [1.807, 2.05) is 41.3 Å². The minimum Gasteiger partial charge on any atom is -0.322 e. The summed E-state index contributed by atoms with van der Waals surface area (Å²) in [4.78, 5) is 14.7. The second kappa shape index (κ2) is 7.16. The maximum atomic E-state index is 12.9. The largest absolute Gasteiger partial charge is 0.322 e. The van der Waals surface area contributed by atoms with Gasteiger partial charge in [0.2, 0.25) is 0 Å². The maximum absolute atomic E-state index is 12.9. The van der Waals surface area contributed by atoms with Crippen LogP contribution in [0, 0.1) is 0 Å². The number of rotatable bonds is 3. The monoisotopic (exact) mass is 365 g/mol. The summed E-state index contributed by atoms with van der Waals surface area (Å²) in [7, 11) is 0. The molecule has 0 bridgehead atoms. The van der Waals surface area contributed by atoms with Crippen molar-refractivity contribution in [1.82, 2.24) is 4.90 Å². The molecule has 0 aliphatic carbocycles. The van der Waals surface area contributed by atoms with Crippen molar-refractivity contribution < 1.29 is 4.79 Å². The fourth-order valence-electron chi connectivity index (χ4n) is 2.69. The van der Waals surface area contributed by atoms with Crippen LogP contribution in [-0.4, -0.2) is 23.1 Å². The molecule has 0 spiro atoms. The zero-order valence-electron chi connectivity index (χ0n) is 12.8. The highest BCUT2D eigenvalue weighted by Crippen LogP contribution is 2.42. The normalized spacial score (nSPS) is 17.5. The highest BCUT2D eigenvalue weighted by molar-refractivity contribution is 7.99. The Morgan fingerprint density at radius 3 is 2.61 bits per heavy atom. The van der Waals surface area contributed by atoms with Crippen molar-refractivity contribution in [3.63, 3.8) is 0 Å². The van der Waals surface area contributed by atoms with Crippen LogP contribution in [-0.2, 0) is 6.42 Å². The second-order valence-electron chi connectivity index (χ2n) is 5.44. The summed E-state index contributed by atoms with van der Waals surface area (Å²) in [5.41, 5.74) is 2.89. The summed E-state index contributed by atoms with van der Waals surface area (Å²) >= 11 is 14.0. The van der Waals surface area contributed by atoms with Crippen LogP contribution in [0.15, 0.2) is 42.5 Å². The Labute approximate surface area is 150 Å². The molecule has 2 aromatic carbocycles. The molecule has 1 atom stereocenters. The summed E-state index contributed by atoms with van der Waals surface area (Å²) in [5, 5.41) is 1.16. The van der Waals surface area contributed by atoms with Gasteiger partial charge in [0, 0.05) is 33.5 Å². The molecule has 0 saturated carbocycles. The van der Waals surface area contributed by atoms with Gasteiger partial charge in [-0.15, -0.1) is 11.8 Å². The topological polar surface area (TPSA) is 20.3 Å². The number of benzene rings is 2. The number of carbonyl (C=O) groups excluding carboxylic acids is 1. The fraction of sp³-hybridized carbons (Fsp3) is 0.278. The van der Waals surface area contributed by atoms with E-state index in [2.05, 4.69) is 6.92 Å². The maximum Gasteiger partial charge on any atom is 0.255 e. The van der Waals surface area contributed by atoms with Crippen LogP contribution in [0.5, 0.6) is 0 Å². The van der Waals surface area contributed by atoms with E-state index in [4.69, 9.17) is 23.2 Å². The molecule has 0 aromatic heterocycles. The number of thioether (sulfide) groups is 1. The first-order chi connectivity index (χ1) is 11.1. The molecule has 1 aliphatic rings. The van der Waals surface area contributed by atoms with Gasteiger partial charge in [0.05, 0.1) is 0 Å². The minimum atomic E-state index is -0.0573. The molecule has 0 N–H and O–H groups in total. The smallest absolute Gasteiger partial charge is 0.255 e. The van der Waals surface area contributed by atoms with Crippen LogP contribution < -0.4 is 0 Å². The van der Waals surface area contributed by atoms with Crippen molar-refractivity contribution in [3.8, 4) is 0 Å². The number of carbonyl (C=O) groups is 1. The fourth-order valence-corrected chi connectivity index (χ4v) is 4.55. The molecule has 3 rings (SSSR count). The number of hydrogen-bond acceptors (Lipinski definition) is 2. The SMILES string of the molecule is CCc1ccc(C(=O)N2CCSC2c2ccc(Cl)cc2Cl)cc1. The van der Waals surface area contributed by atoms with Crippen LogP contribution in [0.2, 0.25) is 10.0 Å². The van der Waals surface area contributed by atoms with Crippen LogP contribution in [0.3, 0.4) is 0 Å². The first-order valence-electron chi connectivity index (χ1n) is 7.56. The standard InChI is InChI=1S/C18H17Cl2NOS/c1-2-12-3-5-13(6-4-12)17(22)21-9-10-23-18(21)15-8-7-14(19)11-16(15)20/h3-8,11,18H,2,9-10H2,1H3. The van der Waals surface area contributed by atoms with Gasteiger partial charge in [-0.1, -0.05) is 48.3 Å². The number of aryl methyl sites for hydroxylation is 1. The van der Waals surface area contributed by atoms with E-state index in [0.717, 1.165) is 29.8 Å². The lowest BCUT2D eigenvalue weighted by molar-refractivity contribution is 0.0760. The predicted molar refractivity (Wildman–Crippen MR) is 98.5 cm³/mol. The first-order valence-corrected chi connectivity index (χ1v) is 9.37. The molecule has 5 heteroatoms. The van der Waals surface area contributed by atoms with E-state index in [1.54, 1.807) is 17.8 Å². The Kier molecular flexibility index (Phi) is 5.20. The number of halogens is 2. The van der Waals surface area contributed by atoms with Gasteiger partial charge in [-0.25, -0.2) is 0 Å². The third-order valence-corrected chi connectivity index (χ3v) is 5.79. The second-order valence-corrected chi connectivity index (χ2v) is 7.47. The van der Waals surface area contributed by atoms with E-state index < -0.39 is 0 Å². The quantitative estimate of drug-likeness (QED) is 0.721. The molecule has 1 amide bonds. The molecule has 1 aliphatic heterocycles.